The molecule has 1 aliphatic heterocycles. The molecule has 0 unspecified atom stereocenters. The molecular formula is C23H30N2O2. The van der Waals surface area contributed by atoms with Crippen molar-refractivity contribution in [3.8, 4) is 5.75 Å². The molecule has 0 amide bonds. The van der Waals surface area contributed by atoms with Crippen LogP contribution in [0.1, 0.15) is 25.3 Å². The van der Waals surface area contributed by atoms with Gasteiger partial charge in [-0.25, -0.2) is 0 Å². The second kappa shape index (κ2) is 8.32. The quantitative estimate of drug-likeness (QED) is 0.574. The van der Waals surface area contributed by atoms with Crippen LogP contribution in [0.25, 0.3) is 21.7 Å². The number of fused-ring (bicyclic) bond motifs is 3. The van der Waals surface area contributed by atoms with Crippen LogP contribution in [0.2, 0.25) is 0 Å². The zero-order valence-electron chi connectivity index (χ0n) is 16.5. The van der Waals surface area contributed by atoms with Crippen LogP contribution in [0.3, 0.4) is 0 Å². The van der Waals surface area contributed by atoms with E-state index in [0.717, 1.165) is 43.7 Å². The van der Waals surface area contributed by atoms with Crippen LogP contribution in [-0.2, 0) is 6.42 Å². The predicted octanol–water partition coefficient (Wildman–Crippen LogP) is 4.55. The third-order valence-electron chi connectivity index (χ3n) is 5.60. The van der Waals surface area contributed by atoms with Gasteiger partial charge in [0, 0.05) is 38.1 Å². The molecular weight excluding hydrogens is 336 g/mol. The average Bonchev–Trinajstić information content (AvgIpc) is 3.10. The Morgan fingerprint density at radius 2 is 1.93 bits per heavy atom. The van der Waals surface area contributed by atoms with Gasteiger partial charge in [0.15, 0.2) is 0 Å². The minimum Gasteiger partial charge on any atom is -0.494 e. The first-order valence-electron chi connectivity index (χ1n) is 10.2. The van der Waals surface area contributed by atoms with Crippen molar-refractivity contribution in [1.82, 2.24) is 9.80 Å². The highest BCUT2D eigenvalue weighted by molar-refractivity contribution is 6.07. The molecule has 4 rings (SSSR count). The Morgan fingerprint density at radius 1 is 1.07 bits per heavy atom. The summed E-state index contributed by atoms with van der Waals surface area (Å²) in [5.41, 5.74) is 2.28. The Bertz CT molecular complexity index is 894. The summed E-state index contributed by atoms with van der Waals surface area (Å²) in [5, 5.41) is 3.74. The average molecular weight is 367 g/mol. The molecule has 4 heteroatoms. The molecule has 0 atom stereocenters. The van der Waals surface area contributed by atoms with Crippen LogP contribution >= 0.6 is 0 Å². The fraction of sp³-hybridized carbons (Fsp3) is 0.478. The molecule has 2 aromatic carbocycles. The van der Waals surface area contributed by atoms with Gasteiger partial charge >= 0.3 is 0 Å². The third kappa shape index (κ3) is 4.12. The number of furan rings is 1. The van der Waals surface area contributed by atoms with E-state index in [0.29, 0.717) is 0 Å². The number of piperazine rings is 1. The van der Waals surface area contributed by atoms with Crippen molar-refractivity contribution in [3.63, 3.8) is 0 Å². The number of nitrogens with zero attached hydrogens (tertiary/aromatic N) is 2. The molecule has 2 heterocycles. The molecule has 0 radical (unpaired) electrons. The Morgan fingerprint density at radius 3 is 2.74 bits per heavy atom. The van der Waals surface area contributed by atoms with Gasteiger partial charge < -0.3 is 19.0 Å². The fourth-order valence-corrected chi connectivity index (χ4v) is 4.00. The Hall–Kier alpha value is -2.04. The normalized spacial score (nSPS) is 16.4. The summed E-state index contributed by atoms with van der Waals surface area (Å²) in [5.74, 6) is 0.959. The van der Waals surface area contributed by atoms with E-state index in [1.165, 1.54) is 47.9 Å². The lowest BCUT2D eigenvalue weighted by Gasteiger charge is -2.32. The van der Waals surface area contributed by atoms with Crippen molar-refractivity contribution < 1.29 is 9.15 Å². The second-order valence-electron chi connectivity index (χ2n) is 7.68. The van der Waals surface area contributed by atoms with E-state index in [-0.39, 0.29) is 0 Å². The van der Waals surface area contributed by atoms with Crippen LogP contribution in [0.5, 0.6) is 5.75 Å². The summed E-state index contributed by atoms with van der Waals surface area (Å²) < 4.78 is 11.8. The van der Waals surface area contributed by atoms with Gasteiger partial charge in [0.2, 0.25) is 0 Å². The molecule has 1 fully saturated rings. The van der Waals surface area contributed by atoms with Crippen LogP contribution in [0, 0.1) is 0 Å². The van der Waals surface area contributed by atoms with Crippen molar-refractivity contribution in [3.05, 3.63) is 42.2 Å². The number of likely N-dealkylation sites (N-methyl/N-ethyl adjacent to an activating group) is 1. The third-order valence-corrected chi connectivity index (χ3v) is 5.60. The minimum absolute atomic E-state index is 0.771. The van der Waals surface area contributed by atoms with Gasteiger partial charge in [0.25, 0.3) is 0 Å². The lowest BCUT2D eigenvalue weighted by atomic mass is 10.0. The Labute approximate surface area is 161 Å². The molecule has 1 aliphatic rings. The monoisotopic (exact) mass is 366 g/mol. The maximum absolute atomic E-state index is 6.04. The summed E-state index contributed by atoms with van der Waals surface area (Å²) in [7, 11) is 2.20. The molecule has 0 aliphatic carbocycles. The SMILES string of the molecule is CCCc1coc2ccc3cc(OCCCN4CCN(C)CC4)ccc3c12. The molecule has 0 saturated carbocycles. The van der Waals surface area contributed by atoms with Gasteiger partial charge in [0.1, 0.15) is 11.3 Å². The second-order valence-corrected chi connectivity index (χ2v) is 7.68. The van der Waals surface area contributed by atoms with E-state index in [1.54, 1.807) is 0 Å². The van der Waals surface area contributed by atoms with Crippen molar-refractivity contribution in [2.45, 2.75) is 26.2 Å². The van der Waals surface area contributed by atoms with Gasteiger partial charge in [-0.3, -0.25) is 0 Å². The zero-order valence-corrected chi connectivity index (χ0v) is 16.5. The van der Waals surface area contributed by atoms with Gasteiger partial charge in [-0.15, -0.1) is 0 Å². The molecule has 4 nitrogen and oxygen atoms in total. The maximum Gasteiger partial charge on any atom is 0.134 e. The lowest BCUT2D eigenvalue weighted by molar-refractivity contribution is 0.145. The summed E-state index contributed by atoms with van der Waals surface area (Å²) in [6, 6.07) is 10.7. The number of aryl methyl sites for hydroxylation is 1. The summed E-state index contributed by atoms with van der Waals surface area (Å²) in [4.78, 5) is 4.93. The Kier molecular flexibility index (Phi) is 5.65. The van der Waals surface area contributed by atoms with Gasteiger partial charge in [0.05, 0.1) is 12.9 Å². The highest BCUT2D eigenvalue weighted by Crippen LogP contribution is 2.32. The number of hydrogen-bond donors (Lipinski definition) is 0. The standard InChI is InChI=1S/C23H30N2O2/c1-3-5-19-17-27-22-9-6-18-16-20(7-8-21(18)23(19)22)26-15-4-10-25-13-11-24(2)12-14-25/h6-9,16-17H,3-5,10-15H2,1-2H3. The largest absolute Gasteiger partial charge is 0.494 e. The molecule has 3 aromatic rings. The first kappa shape index (κ1) is 18.3. The van der Waals surface area contributed by atoms with Gasteiger partial charge in [-0.1, -0.05) is 19.4 Å². The van der Waals surface area contributed by atoms with E-state index < -0.39 is 0 Å². The van der Waals surface area contributed by atoms with E-state index in [2.05, 4.69) is 54.1 Å². The number of rotatable bonds is 7. The van der Waals surface area contributed by atoms with Gasteiger partial charge in [-0.05, 0) is 60.5 Å². The zero-order chi connectivity index (χ0) is 18.6. The van der Waals surface area contributed by atoms with Crippen LogP contribution in [0.4, 0.5) is 0 Å². The minimum atomic E-state index is 0.771. The van der Waals surface area contributed by atoms with Crippen molar-refractivity contribution >= 4 is 21.7 Å². The molecule has 27 heavy (non-hydrogen) atoms. The highest BCUT2D eigenvalue weighted by Gasteiger charge is 2.13. The first-order valence-corrected chi connectivity index (χ1v) is 10.2. The van der Waals surface area contributed by atoms with Crippen LogP contribution in [0.15, 0.2) is 41.0 Å². The van der Waals surface area contributed by atoms with E-state index in [4.69, 9.17) is 9.15 Å². The number of benzene rings is 2. The topological polar surface area (TPSA) is 28.9 Å². The molecule has 0 spiro atoms. The summed E-state index contributed by atoms with van der Waals surface area (Å²) in [6.45, 7) is 8.80. The van der Waals surface area contributed by atoms with Crippen LogP contribution < -0.4 is 4.74 Å². The molecule has 1 saturated heterocycles. The molecule has 144 valence electrons. The highest BCUT2D eigenvalue weighted by atomic mass is 16.5. The number of hydrogen-bond acceptors (Lipinski definition) is 4. The predicted molar refractivity (Wildman–Crippen MR) is 112 cm³/mol. The van der Waals surface area contributed by atoms with E-state index in [9.17, 15) is 0 Å². The molecule has 1 aromatic heterocycles. The van der Waals surface area contributed by atoms with Crippen molar-refractivity contribution in [2.75, 3.05) is 46.4 Å². The van der Waals surface area contributed by atoms with Crippen LogP contribution in [-0.4, -0.2) is 56.2 Å². The van der Waals surface area contributed by atoms with Crippen molar-refractivity contribution in [1.29, 1.82) is 0 Å². The van der Waals surface area contributed by atoms with Gasteiger partial charge in [-0.2, -0.15) is 0 Å². The smallest absolute Gasteiger partial charge is 0.134 e. The fourth-order valence-electron chi connectivity index (χ4n) is 4.00. The molecule has 0 bridgehead atoms. The van der Waals surface area contributed by atoms with E-state index in [1.807, 2.05) is 6.26 Å². The van der Waals surface area contributed by atoms with Crippen molar-refractivity contribution in [2.24, 2.45) is 0 Å². The van der Waals surface area contributed by atoms with E-state index >= 15 is 0 Å². The Balaban J connectivity index is 1.40. The number of ether oxygens (including phenoxy) is 1. The molecule has 0 N–H and O–H groups in total. The first-order chi connectivity index (χ1) is 13.2. The summed E-state index contributed by atoms with van der Waals surface area (Å²) in [6.07, 6.45) is 5.16. The summed E-state index contributed by atoms with van der Waals surface area (Å²) >= 11 is 0. The maximum atomic E-state index is 6.04. The lowest BCUT2D eigenvalue weighted by Crippen LogP contribution is -2.44.